The van der Waals surface area contributed by atoms with Gasteiger partial charge in [-0.15, -0.1) is 0 Å². The first-order valence-electron chi connectivity index (χ1n) is 13.8. The number of fused-ring (bicyclic) bond motifs is 2. The molecule has 10 nitrogen and oxygen atoms in total. The van der Waals surface area contributed by atoms with Crippen LogP contribution in [-0.4, -0.2) is 64.1 Å². The topological polar surface area (TPSA) is 123 Å². The molecule has 5 rings (SSSR count). The Bertz CT molecular complexity index is 1560. The minimum atomic E-state index is -3.84. The van der Waals surface area contributed by atoms with Crippen molar-refractivity contribution >= 4 is 27.5 Å². The van der Waals surface area contributed by atoms with Gasteiger partial charge in [-0.3, -0.25) is 14.3 Å². The Morgan fingerprint density at radius 1 is 1.07 bits per heavy atom. The van der Waals surface area contributed by atoms with Crippen LogP contribution in [0, 0.1) is 6.92 Å². The van der Waals surface area contributed by atoms with Crippen molar-refractivity contribution in [1.82, 2.24) is 10.2 Å². The molecular formula is C31H35N3O7S. The van der Waals surface area contributed by atoms with Crippen LogP contribution in [0.1, 0.15) is 40.7 Å². The summed E-state index contributed by atoms with van der Waals surface area (Å²) in [7, 11) is -0.533. The maximum Gasteiger partial charge on any atom is 0.261 e. The second-order valence-electron chi connectivity index (χ2n) is 10.6. The summed E-state index contributed by atoms with van der Waals surface area (Å²) in [5.74, 6) is 0.619. The minimum absolute atomic E-state index is 0.129. The van der Waals surface area contributed by atoms with E-state index in [1.807, 2.05) is 31.2 Å². The van der Waals surface area contributed by atoms with Gasteiger partial charge in [-0.1, -0.05) is 35.9 Å². The molecule has 3 atom stereocenters. The van der Waals surface area contributed by atoms with Crippen molar-refractivity contribution in [3.63, 3.8) is 0 Å². The molecule has 2 amide bonds. The zero-order valence-electron chi connectivity index (χ0n) is 23.8. The lowest BCUT2D eigenvalue weighted by Crippen LogP contribution is -2.53. The Kier molecular flexibility index (Phi) is 8.69. The molecule has 3 aromatic carbocycles. The van der Waals surface area contributed by atoms with E-state index in [1.54, 1.807) is 43.3 Å². The molecule has 0 unspecified atom stereocenters. The number of carbonyl (C=O) groups is 2. The molecule has 0 aliphatic carbocycles. The Balaban J connectivity index is 1.23. The Hall–Kier alpha value is -4.09. The molecule has 1 fully saturated rings. The third-order valence-electron chi connectivity index (χ3n) is 7.68. The van der Waals surface area contributed by atoms with Gasteiger partial charge in [0.1, 0.15) is 24.2 Å². The number of benzene rings is 3. The molecule has 3 aromatic rings. The molecule has 0 radical (unpaired) electrons. The molecule has 2 heterocycles. The highest BCUT2D eigenvalue weighted by atomic mass is 32.2. The number of anilines is 1. The first-order valence-corrected chi connectivity index (χ1v) is 15.3. The van der Waals surface area contributed by atoms with Gasteiger partial charge in [0.05, 0.1) is 36.1 Å². The van der Waals surface area contributed by atoms with Crippen LogP contribution in [0.3, 0.4) is 0 Å². The number of carbonyl (C=O) groups excluding carboxylic acids is 2. The summed E-state index contributed by atoms with van der Waals surface area (Å²) in [6.07, 6.45) is 0.692. The molecule has 2 aliphatic rings. The van der Waals surface area contributed by atoms with E-state index in [-0.39, 0.29) is 53.1 Å². The van der Waals surface area contributed by atoms with Crippen LogP contribution in [0.2, 0.25) is 0 Å². The van der Waals surface area contributed by atoms with Gasteiger partial charge in [0.15, 0.2) is 0 Å². The third-order valence-corrected chi connectivity index (χ3v) is 9.07. The van der Waals surface area contributed by atoms with Crippen LogP contribution in [0.5, 0.6) is 11.5 Å². The summed E-state index contributed by atoms with van der Waals surface area (Å²) in [4.78, 5) is 28.0. The molecule has 11 heteroatoms. The van der Waals surface area contributed by atoms with Crippen LogP contribution in [0.25, 0.3) is 0 Å². The molecule has 42 heavy (non-hydrogen) atoms. The van der Waals surface area contributed by atoms with Crippen molar-refractivity contribution in [1.29, 1.82) is 0 Å². The Morgan fingerprint density at radius 2 is 1.83 bits per heavy atom. The van der Waals surface area contributed by atoms with Crippen molar-refractivity contribution in [3.05, 3.63) is 83.4 Å². The molecular weight excluding hydrogens is 558 g/mol. The van der Waals surface area contributed by atoms with Crippen LogP contribution in [0.15, 0.2) is 71.6 Å². The SMILES string of the molecule is COc1ccccc1CNC(=O)C[C@@H]1CC[C@H]2[C@@H](COc3ccc(NS(=O)(=O)c4ccc(C)cc4)cc3C(=O)N2C)O1. The van der Waals surface area contributed by atoms with Gasteiger partial charge >= 0.3 is 0 Å². The number of nitrogens with zero attached hydrogens (tertiary/aromatic N) is 1. The highest BCUT2D eigenvalue weighted by Crippen LogP contribution is 2.33. The zero-order valence-corrected chi connectivity index (χ0v) is 24.6. The number of sulfonamides is 1. The highest BCUT2D eigenvalue weighted by molar-refractivity contribution is 7.92. The van der Waals surface area contributed by atoms with Crippen LogP contribution < -0.4 is 19.5 Å². The van der Waals surface area contributed by atoms with E-state index in [1.165, 1.54) is 18.2 Å². The monoisotopic (exact) mass is 593 g/mol. The first-order chi connectivity index (χ1) is 20.1. The lowest BCUT2D eigenvalue weighted by atomic mass is 9.94. The third kappa shape index (κ3) is 6.52. The maximum atomic E-state index is 13.5. The predicted molar refractivity (Wildman–Crippen MR) is 157 cm³/mol. The number of nitrogens with one attached hydrogen (secondary N) is 2. The fourth-order valence-electron chi connectivity index (χ4n) is 5.34. The quantitative estimate of drug-likeness (QED) is 0.406. The van der Waals surface area contributed by atoms with E-state index < -0.39 is 16.1 Å². The maximum absolute atomic E-state index is 13.5. The normalized spacial score (nSPS) is 20.3. The Morgan fingerprint density at radius 3 is 2.60 bits per heavy atom. The van der Waals surface area contributed by atoms with Crippen molar-refractivity contribution in [2.45, 2.75) is 55.9 Å². The number of ether oxygens (including phenoxy) is 3. The number of rotatable bonds is 8. The summed E-state index contributed by atoms with van der Waals surface area (Å²) in [6, 6.07) is 18.4. The van der Waals surface area contributed by atoms with Crippen molar-refractivity contribution < 1.29 is 32.2 Å². The molecule has 1 saturated heterocycles. The Labute approximate surface area is 246 Å². The lowest BCUT2D eigenvalue weighted by molar-refractivity contribution is -0.134. The molecule has 0 spiro atoms. The van der Waals surface area contributed by atoms with Crippen molar-refractivity contribution in [2.75, 3.05) is 25.5 Å². The van der Waals surface area contributed by atoms with Gasteiger partial charge in [0.2, 0.25) is 5.91 Å². The number of likely N-dealkylation sites (N-methyl/N-ethyl adjacent to an activating group) is 1. The average Bonchev–Trinajstić information content (AvgIpc) is 2.98. The summed E-state index contributed by atoms with van der Waals surface area (Å²) in [5, 5.41) is 2.93. The van der Waals surface area contributed by atoms with Gasteiger partial charge in [-0.05, 0) is 56.2 Å². The van der Waals surface area contributed by atoms with E-state index in [4.69, 9.17) is 14.2 Å². The number of methoxy groups -OCH3 is 1. The van der Waals surface area contributed by atoms with Gasteiger partial charge < -0.3 is 24.4 Å². The smallest absolute Gasteiger partial charge is 0.261 e. The number of aryl methyl sites for hydroxylation is 1. The molecule has 0 bridgehead atoms. The van der Waals surface area contributed by atoms with Gasteiger partial charge in [-0.25, -0.2) is 8.42 Å². The van der Waals surface area contributed by atoms with Crippen LogP contribution in [-0.2, 0) is 26.1 Å². The molecule has 222 valence electrons. The summed E-state index contributed by atoms with van der Waals surface area (Å²) >= 11 is 0. The summed E-state index contributed by atoms with van der Waals surface area (Å²) < 4.78 is 46.0. The van der Waals surface area contributed by atoms with Gasteiger partial charge in [0.25, 0.3) is 15.9 Å². The van der Waals surface area contributed by atoms with E-state index in [0.29, 0.717) is 30.9 Å². The van der Waals surface area contributed by atoms with E-state index in [9.17, 15) is 18.0 Å². The molecule has 0 aromatic heterocycles. The van der Waals surface area contributed by atoms with Crippen molar-refractivity contribution in [3.8, 4) is 11.5 Å². The molecule has 2 N–H and O–H groups in total. The highest BCUT2D eigenvalue weighted by Gasteiger charge is 2.39. The first kappa shape index (κ1) is 29.4. The number of hydrogen-bond donors (Lipinski definition) is 2. The van der Waals surface area contributed by atoms with Crippen LogP contribution in [0.4, 0.5) is 5.69 Å². The molecule has 0 saturated carbocycles. The zero-order chi connectivity index (χ0) is 29.9. The van der Waals surface area contributed by atoms with E-state index >= 15 is 0 Å². The number of hydrogen-bond acceptors (Lipinski definition) is 7. The van der Waals surface area contributed by atoms with Crippen molar-refractivity contribution in [2.24, 2.45) is 0 Å². The summed E-state index contributed by atoms with van der Waals surface area (Å²) in [5.41, 5.74) is 2.36. The largest absolute Gasteiger partial charge is 0.496 e. The van der Waals surface area contributed by atoms with E-state index in [2.05, 4.69) is 10.0 Å². The van der Waals surface area contributed by atoms with E-state index in [0.717, 1.165) is 11.1 Å². The lowest BCUT2D eigenvalue weighted by Gasteiger charge is -2.42. The average molecular weight is 594 g/mol. The molecule has 2 aliphatic heterocycles. The number of amides is 2. The second kappa shape index (κ2) is 12.4. The predicted octanol–water partition coefficient (Wildman–Crippen LogP) is 3.89. The fraction of sp³-hybridized carbons (Fsp3) is 0.355. The minimum Gasteiger partial charge on any atom is -0.496 e. The van der Waals surface area contributed by atoms with Gasteiger partial charge in [0, 0.05) is 24.8 Å². The fourth-order valence-corrected chi connectivity index (χ4v) is 6.39. The van der Waals surface area contributed by atoms with Gasteiger partial charge in [-0.2, -0.15) is 0 Å². The number of para-hydroxylation sites is 1. The van der Waals surface area contributed by atoms with Crippen LogP contribution >= 0.6 is 0 Å². The summed E-state index contributed by atoms with van der Waals surface area (Å²) in [6.45, 7) is 2.41. The second-order valence-corrected chi connectivity index (χ2v) is 12.3. The standard InChI is InChI=1S/C31H35N3O7S/c1-20-8-12-24(13-9-20)42(37,38)33-22-10-15-28-25(16-22)31(36)34(2)26-14-11-23(41-29(26)19-40-28)17-30(35)32-18-21-6-4-5-7-27(21)39-3/h4-10,12-13,15-16,23,26,29,33H,11,14,17-19H2,1-3H3,(H,32,35)/t23-,26-,29+/m0/s1.